The Bertz CT molecular complexity index is 1250. The van der Waals surface area contributed by atoms with Gasteiger partial charge >= 0.3 is 0 Å². The molecule has 1 aromatic carbocycles. The summed E-state index contributed by atoms with van der Waals surface area (Å²) in [5.74, 6) is 0.925. The van der Waals surface area contributed by atoms with Gasteiger partial charge in [0.1, 0.15) is 23.0 Å². The summed E-state index contributed by atoms with van der Waals surface area (Å²) in [6, 6.07) is 8.37. The molecule has 3 aromatic rings. The van der Waals surface area contributed by atoms with E-state index in [0.29, 0.717) is 26.2 Å². The third kappa shape index (κ3) is 3.16. The van der Waals surface area contributed by atoms with Gasteiger partial charge in [-0.3, -0.25) is 0 Å². The first kappa shape index (κ1) is 19.4. The molecule has 2 aliphatic rings. The van der Waals surface area contributed by atoms with E-state index < -0.39 is 10.0 Å². The zero-order chi connectivity index (χ0) is 20.7. The Labute approximate surface area is 179 Å². The first-order valence-corrected chi connectivity index (χ1v) is 12.3. The number of fused-ring (bicyclic) bond motifs is 3. The SMILES string of the molecule is N#Cc1ccccc1S(=O)(=O)N1CCN(c2ncnc3sc4c(c23)CCCC4)CC1. The lowest BCUT2D eigenvalue weighted by molar-refractivity contribution is 0.384. The molecule has 1 fully saturated rings. The van der Waals surface area contributed by atoms with E-state index in [2.05, 4.69) is 14.9 Å². The van der Waals surface area contributed by atoms with Crippen molar-refractivity contribution >= 4 is 37.4 Å². The molecule has 30 heavy (non-hydrogen) atoms. The number of thiophene rings is 1. The van der Waals surface area contributed by atoms with Crippen LogP contribution < -0.4 is 4.90 Å². The Morgan fingerprint density at radius 2 is 1.80 bits per heavy atom. The van der Waals surface area contributed by atoms with Crippen LogP contribution in [-0.2, 0) is 22.9 Å². The van der Waals surface area contributed by atoms with Gasteiger partial charge in [0.25, 0.3) is 0 Å². The lowest BCUT2D eigenvalue weighted by Gasteiger charge is -2.35. The number of aromatic nitrogens is 2. The summed E-state index contributed by atoms with van der Waals surface area (Å²) >= 11 is 1.77. The van der Waals surface area contributed by atoms with Crippen molar-refractivity contribution < 1.29 is 8.42 Å². The first-order chi connectivity index (χ1) is 14.6. The topological polar surface area (TPSA) is 90.2 Å². The molecule has 154 valence electrons. The van der Waals surface area contributed by atoms with Gasteiger partial charge in [-0.05, 0) is 43.4 Å². The van der Waals surface area contributed by atoms with Gasteiger partial charge in [-0.25, -0.2) is 18.4 Å². The van der Waals surface area contributed by atoms with Crippen molar-refractivity contribution in [2.45, 2.75) is 30.6 Å². The molecule has 2 aromatic heterocycles. The van der Waals surface area contributed by atoms with Crippen molar-refractivity contribution in [1.29, 1.82) is 5.26 Å². The average Bonchev–Trinajstić information content (AvgIpc) is 3.18. The second-order valence-electron chi connectivity index (χ2n) is 7.59. The van der Waals surface area contributed by atoms with Gasteiger partial charge in [-0.15, -0.1) is 11.3 Å². The number of hydrogen-bond acceptors (Lipinski definition) is 7. The molecule has 1 aliphatic heterocycles. The number of piperazine rings is 1. The Balaban J connectivity index is 1.42. The first-order valence-electron chi connectivity index (χ1n) is 10.1. The van der Waals surface area contributed by atoms with Crippen LogP contribution in [0.1, 0.15) is 28.8 Å². The normalized spacial score (nSPS) is 17.6. The summed E-state index contributed by atoms with van der Waals surface area (Å²) in [5.41, 5.74) is 1.57. The van der Waals surface area contributed by atoms with E-state index in [1.807, 2.05) is 6.07 Å². The summed E-state index contributed by atoms with van der Waals surface area (Å²) < 4.78 is 27.7. The second kappa shape index (κ2) is 7.61. The van der Waals surface area contributed by atoms with E-state index >= 15 is 0 Å². The summed E-state index contributed by atoms with van der Waals surface area (Å²) in [7, 11) is -3.70. The molecule has 3 heterocycles. The van der Waals surface area contributed by atoms with E-state index in [4.69, 9.17) is 0 Å². The van der Waals surface area contributed by atoms with Crippen LogP contribution in [0, 0.1) is 11.3 Å². The van der Waals surface area contributed by atoms with E-state index in [9.17, 15) is 13.7 Å². The highest BCUT2D eigenvalue weighted by atomic mass is 32.2. The number of hydrogen-bond donors (Lipinski definition) is 0. The van der Waals surface area contributed by atoms with Crippen LogP contribution in [0.5, 0.6) is 0 Å². The number of benzene rings is 1. The van der Waals surface area contributed by atoms with Crippen LogP contribution in [0.15, 0.2) is 35.5 Å². The molecule has 0 spiro atoms. The molecule has 0 amide bonds. The van der Waals surface area contributed by atoms with Crippen LogP contribution in [-0.4, -0.2) is 48.9 Å². The highest BCUT2D eigenvalue weighted by molar-refractivity contribution is 7.89. The van der Waals surface area contributed by atoms with Gasteiger partial charge in [-0.1, -0.05) is 12.1 Å². The zero-order valence-corrected chi connectivity index (χ0v) is 18.0. The maximum atomic E-state index is 13.1. The lowest BCUT2D eigenvalue weighted by Crippen LogP contribution is -2.49. The highest BCUT2D eigenvalue weighted by Gasteiger charge is 2.32. The third-order valence-corrected chi connectivity index (χ3v) is 9.05. The molecule has 0 N–H and O–H groups in total. The van der Waals surface area contributed by atoms with Crippen LogP contribution >= 0.6 is 11.3 Å². The fourth-order valence-corrected chi connectivity index (χ4v) is 7.16. The Morgan fingerprint density at radius 1 is 1.03 bits per heavy atom. The van der Waals surface area contributed by atoms with Gasteiger partial charge < -0.3 is 4.90 Å². The third-order valence-electron chi connectivity index (χ3n) is 5.89. The minimum Gasteiger partial charge on any atom is -0.353 e. The summed E-state index contributed by atoms with van der Waals surface area (Å²) in [4.78, 5) is 13.8. The minimum atomic E-state index is -3.70. The van der Waals surface area contributed by atoms with Crippen LogP contribution in [0.2, 0.25) is 0 Å². The molecule has 0 radical (unpaired) electrons. The van der Waals surface area contributed by atoms with Crippen molar-refractivity contribution in [1.82, 2.24) is 14.3 Å². The standard InChI is InChI=1S/C21H21N5O2S2/c22-13-15-5-1-4-8-18(15)30(27,28)26-11-9-25(10-12-26)20-19-16-6-2-3-7-17(16)29-21(19)24-14-23-20/h1,4-5,8,14H,2-3,6-7,9-12H2. The average molecular weight is 440 g/mol. The molecule has 0 bridgehead atoms. The van der Waals surface area contributed by atoms with Crippen molar-refractivity contribution in [3.8, 4) is 6.07 Å². The van der Waals surface area contributed by atoms with Crippen molar-refractivity contribution in [3.05, 3.63) is 46.6 Å². The Morgan fingerprint density at radius 3 is 2.60 bits per heavy atom. The van der Waals surface area contributed by atoms with Gasteiger partial charge in [-0.2, -0.15) is 9.57 Å². The van der Waals surface area contributed by atoms with Crippen LogP contribution in [0.3, 0.4) is 0 Å². The largest absolute Gasteiger partial charge is 0.353 e. The molecule has 1 saturated heterocycles. The fourth-order valence-electron chi connectivity index (χ4n) is 4.38. The number of nitriles is 1. The Kier molecular flexibility index (Phi) is 4.93. The molecule has 0 saturated carbocycles. The Hall–Kier alpha value is -2.54. The number of sulfonamides is 1. The van der Waals surface area contributed by atoms with Gasteiger partial charge in [0.15, 0.2) is 0 Å². The van der Waals surface area contributed by atoms with Crippen molar-refractivity contribution in [2.75, 3.05) is 31.1 Å². The quantitative estimate of drug-likeness (QED) is 0.623. The molecular weight excluding hydrogens is 418 g/mol. The lowest BCUT2D eigenvalue weighted by atomic mass is 9.97. The predicted octanol–water partition coefficient (Wildman–Crippen LogP) is 2.95. The molecule has 5 rings (SSSR count). The predicted molar refractivity (Wildman–Crippen MR) is 116 cm³/mol. The van der Waals surface area contributed by atoms with Gasteiger partial charge in [0.2, 0.25) is 10.0 Å². The minimum absolute atomic E-state index is 0.0808. The highest BCUT2D eigenvalue weighted by Crippen LogP contribution is 2.39. The van der Waals surface area contributed by atoms with Gasteiger partial charge in [0.05, 0.1) is 15.8 Å². The number of nitrogens with zero attached hydrogens (tertiary/aromatic N) is 5. The molecule has 0 unspecified atom stereocenters. The molecule has 1 aliphatic carbocycles. The fraction of sp³-hybridized carbons (Fsp3) is 0.381. The smallest absolute Gasteiger partial charge is 0.244 e. The molecular formula is C21H21N5O2S2. The zero-order valence-electron chi connectivity index (χ0n) is 16.4. The van der Waals surface area contributed by atoms with Crippen molar-refractivity contribution in [2.24, 2.45) is 0 Å². The molecule has 0 atom stereocenters. The van der Waals surface area contributed by atoms with Gasteiger partial charge in [0, 0.05) is 31.1 Å². The van der Waals surface area contributed by atoms with E-state index in [0.717, 1.165) is 28.9 Å². The molecule has 7 nitrogen and oxygen atoms in total. The van der Waals surface area contributed by atoms with Crippen molar-refractivity contribution in [3.63, 3.8) is 0 Å². The van der Waals surface area contributed by atoms with E-state index in [1.165, 1.54) is 33.7 Å². The summed E-state index contributed by atoms with van der Waals surface area (Å²) in [6.45, 7) is 1.84. The monoisotopic (exact) mass is 439 g/mol. The maximum Gasteiger partial charge on any atom is 0.244 e. The summed E-state index contributed by atoms with van der Waals surface area (Å²) in [6.07, 6.45) is 6.21. The number of rotatable bonds is 3. The van der Waals surface area contributed by atoms with Crippen LogP contribution in [0.4, 0.5) is 5.82 Å². The maximum absolute atomic E-state index is 13.1. The number of anilines is 1. The second-order valence-corrected chi connectivity index (χ2v) is 10.6. The van der Waals surface area contributed by atoms with E-state index in [-0.39, 0.29) is 10.5 Å². The molecule has 9 heteroatoms. The van der Waals surface area contributed by atoms with Crippen LogP contribution in [0.25, 0.3) is 10.2 Å². The van der Waals surface area contributed by atoms with E-state index in [1.54, 1.807) is 35.9 Å². The summed E-state index contributed by atoms with van der Waals surface area (Å²) in [5, 5.41) is 10.4. The number of aryl methyl sites for hydroxylation is 2.